The van der Waals surface area contributed by atoms with Crippen molar-refractivity contribution in [1.29, 1.82) is 0 Å². The van der Waals surface area contributed by atoms with Gasteiger partial charge < -0.3 is 9.80 Å². The van der Waals surface area contributed by atoms with E-state index in [9.17, 15) is 9.59 Å². The van der Waals surface area contributed by atoms with Crippen molar-refractivity contribution in [3.05, 3.63) is 0 Å². The van der Waals surface area contributed by atoms with Crippen LogP contribution in [0.3, 0.4) is 0 Å². The van der Waals surface area contributed by atoms with Gasteiger partial charge in [0, 0.05) is 26.7 Å². The van der Waals surface area contributed by atoms with Crippen LogP contribution < -0.4 is 0 Å². The molecular formula is C14H26N2O2. The molecule has 0 aromatic rings. The maximum absolute atomic E-state index is 12.4. The lowest BCUT2D eigenvalue weighted by Crippen LogP contribution is -2.46. The topological polar surface area (TPSA) is 40.6 Å². The monoisotopic (exact) mass is 254 g/mol. The lowest BCUT2D eigenvalue weighted by Gasteiger charge is -2.27. The van der Waals surface area contributed by atoms with Gasteiger partial charge in [-0.3, -0.25) is 9.59 Å². The molecule has 0 heterocycles. The fraction of sp³-hybridized carbons (Fsp3) is 0.857. The van der Waals surface area contributed by atoms with E-state index in [1.165, 1.54) is 0 Å². The highest BCUT2D eigenvalue weighted by Crippen LogP contribution is 2.48. The molecule has 0 aromatic heterocycles. The maximum Gasteiger partial charge on any atom is 0.238 e. The minimum Gasteiger partial charge on any atom is -0.345 e. The molecule has 1 fully saturated rings. The summed E-state index contributed by atoms with van der Waals surface area (Å²) in [5.41, 5.74) is -0.714. The van der Waals surface area contributed by atoms with E-state index >= 15 is 0 Å². The number of unbranched alkanes of at least 4 members (excludes halogenated alkanes) is 1. The molecule has 104 valence electrons. The second-order valence-corrected chi connectivity index (χ2v) is 5.14. The van der Waals surface area contributed by atoms with Crippen LogP contribution in [0.2, 0.25) is 0 Å². The maximum atomic E-state index is 12.4. The second-order valence-electron chi connectivity index (χ2n) is 5.14. The summed E-state index contributed by atoms with van der Waals surface area (Å²) in [6.07, 6.45) is 3.50. The Morgan fingerprint density at radius 1 is 1.06 bits per heavy atom. The zero-order chi connectivity index (χ0) is 13.8. The Morgan fingerprint density at radius 2 is 1.61 bits per heavy atom. The minimum absolute atomic E-state index is 0.0212. The molecule has 0 atom stereocenters. The zero-order valence-corrected chi connectivity index (χ0v) is 12.2. The molecule has 1 rings (SSSR count). The zero-order valence-electron chi connectivity index (χ0n) is 12.2. The molecular weight excluding hydrogens is 228 g/mol. The molecule has 0 unspecified atom stereocenters. The minimum atomic E-state index is -0.714. The Kier molecular flexibility index (Phi) is 5.17. The number of nitrogens with zero attached hydrogens (tertiary/aromatic N) is 2. The fourth-order valence-electron chi connectivity index (χ4n) is 2.32. The highest BCUT2D eigenvalue weighted by Gasteiger charge is 2.58. The smallest absolute Gasteiger partial charge is 0.238 e. The van der Waals surface area contributed by atoms with E-state index in [1.807, 2.05) is 20.9 Å². The Labute approximate surface area is 110 Å². The van der Waals surface area contributed by atoms with Crippen LogP contribution in [0.25, 0.3) is 0 Å². The number of hydrogen-bond acceptors (Lipinski definition) is 2. The SMILES string of the molecule is CCCCN(C)C(=O)C1(C(=O)N(CC)CC)CC1. The van der Waals surface area contributed by atoms with Crippen LogP contribution in [0.1, 0.15) is 46.5 Å². The van der Waals surface area contributed by atoms with E-state index in [1.54, 1.807) is 9.80 Å². The average molecular weight is 254 g/mol. The molecule has 0 radical (unpaired) electrons. The first-order valence-corrected chi connectivity index (χ1v) is 7.08. The summed E-state index contributed by atoms with van der Waals surface area (Å²) < 4.78 is 0. The van der Waals surface area contributed by atoms with E-state index in [0.29, 0.717) is 13.1 Å². The molecule has 1 aliphatic rings. The van der Waals surface area contributed by atoms with Gasteiger partial charge in [0.05, 0.1) is 0 Å². The van der Waals surface area contributed by atoms with Gasteiger partial charge in [-0.1, -0.05) is 13.3 Å². The Bertz CT molecular complexity index is 307. The van der Waals surface area contributed by atoms with Gasteiger partial charge >= 0.3 is 0 Å². The number of amides is 2. The highest BCUT2D eigenvalue weighted by atomic mass is 16.2. The summed E-state index contributed by atoms with van der Waals surface area (Å²) in [5.74, 6) is 0.0497. The Hall–Kier alpha value is -1.06. The lowest BCUT2D eigenvalue weighted by molar-refractivity contribution is -0.148. The third-order valence-electron chi connectivity index (χ3n) is 3.81. The van der Waals surface area contributed by atoms with Crippen molar-refractivity contribution in [3.63, 3.8) is 0 Å². The van der Waals surface area contributed by atoms with Crippen LogP contribution in [0.15, 0.2) is 0 Å². The van der Waals surface area contributed by atoms with Crippen molar-refractivity contribution in [2.24, 2.45) is 5.41 Å². The summed E-state index contributed by atoms with van der Waals surface area (Å²) >= 11 is 0. The lowest BCUT2D eigenvalue weighted by atomic mass is 10.0. The van der Waals surface area contributed by atoms with Gasteiger partial charge in [-0.15, -0.1) is 0 Å². The molecule has 0 saturated heterocycles. The van der Waals surface area contributed by atoms with Gasteiger partial charge in [-0.25, -0.2) is 0 Å². The quantitative estimate of drug-likeness (QED) is 0.651. The van der Waals surface area contributed by atoms with Crippen LogP contribution in [-0.2, 0) is 9.59 Å². The summed E-state index contributed by atoms with van der Waals surface area (Å²) in [5, 5.41) is 0. The second kappa shape index (κ2) is 6.21. The molecule has 4 nitrogen and oxygen atoms in total. The Morgan fingerprint density at radius 3 is 2.00 bits per heavy atom. The molecule has 4 heteroatoms. The molecule has 0 aromatic carbocycles. The van der Waals surface area contributed by atoms with Crippen molar-refractivity contribution in [1.82, 2.24) is 9.80 Å². The largest absolute Gasteiger partial charge is 0.345 e. The molecule has 2 amide bonds. The molecule has 1 saturated carbocycles. The molecule has 1 aliphatic carbocycles. The van der Waals surface area contributed by atoms with Gasteiger partial charge in [0.1, 0.15) is 5.41 Å². The molecule has 0 spiro atoms. The fourth-order valence-corrected chi connectivity index (χ4v) is 2.32. The van der Waals surface area contributed by atoms with Gasteiger partial charge in [-0.2, -0.15) is 0 Å². The van der Waals surface area contributed by atoms with E-state index in [-0.39, 0.29) is 11.8 Å². The average Bonchev–Trinajstić information content (AvgIpc) is 3.17. The summed E-state index contributed by atoms with van der Waals surface area (Å²) in [6.45, 7) is 8.15. The first-order valence-electron chi connectivity index (χ1n) is 7.08. The first-order chi connectivity index (χ1) is 8.53. The van der Waals surface area contributed by atoms with E-state index < -0.39 is 5.41 Å². The third kappa shape index (κ3) is 2.85. The summed E-state index contributed by atoms with van der Waals surface area (Å²) in [7, 11) is 1.81. The molecule has 18 heavy (non-hydrogen) atoms. The van der Waals surface area contributed by atoms with Crippen molar-refractivity contribution in [2.75, 3.05) is 26.7 Å². The normalized spacial score (nSPS) is 16.2. The predicted octanol–water partition coefficient (Wildman–Crippen LogP) is 1.89. The van der Waals surface area contributed by atoms with Crippen molar-refractivity contribution in [3.8, 4) is 0 Å². The number of carbonyl (C=O) groups excluding carboxylic acids is 2. The Balaban J connectivity index is 2.69. The summed E-state index contributed by atoms with van der Waals surface area (Å²) in [4.78, 5) is 28.3. The third-order valence-corrected chi connectivity index (χ3v) is 3.81. The number of rotatable bonds is 7. The molecule has 0 N–H and O–H groups in total. The van der Waals surface area contributed by atoms with E-state index in [0.717, 1.165) is 32.2 Å². The first kappa shape index (κ1) is 15.0. The molecule has 0 bridgehead atoms. The van der Waals surface area contributed by atoms with Crippen LogP contribution in [0, 0.1) is 5.41 Å². The summed E-state index contributed by atoms with van der Waals surface area (Å²) in [6, 6.07) is 0. The van der Waals surface area contributed by atoms with E-state index in [2.05, 4.69) is 6.92 Å². The van der Waals surface area contributed by atoms with Gasteiger partial charge in [0.15, 0.2) is 0 Å². The van der Waals surface area contributed by atoms with Crippen LogP contribution >= 0.6 is 0 Å². The van der Waals surface area contributed by atoms with Crippen LogP contribution in [0.5, 0.6) is 0 Å². The van der Waals surface area contributed by atoms with Gasteiger partial charge in [0.2, 0.25) is 11.8 Å². The van der Waals surface area contributed by atoms with Crippen molar-refractivity contribution in [2.45, 2.75) is 46.5 Å². The van der Waals surface area contributed by atoms with Crippen molar-refractivity contribution >= 4 is 11.8 Å². The number of carbonyl (C=O) groups is 2. The van der Waals surface area contributed by atoms with Crippen molar-refractivity contribution < 1.29 is 9.59 Å². The highest BCUT2D eigenvalue weighted by molar-refractivity contribution is 6.07. The number of hydrogen-bond donors (Lipinski definition) is 0. The van der Waals surface area contributed by atoms with Crippen LogP contribution in [-0.4, -0.2) is 48.3 Å². The van der Waals surface area contributed by atoms with Crippen LogP contribution in [0.4, 0.5) is 0 Å². The standard InChI is InChI=1S/C14H26N2O2/c1-5-8-11-15(4)12(17)14(9-10-14)13(18)16(6-2)7-3/h5-11H2,1-4H3. The predicted molar refractivity (Wildman–Crippen MR) is 72.1 cm³/mol. The van der Waals surface area contributed by atoms with Gasteiger partial charge in [0.25, 0.3) is 0 Å². The molecule has 0 aliphatic heterocycles. The van der Waals surface area contributed by atoms with Gasteiger partial charge in [-0.05, 0) is 33.1 Å². The van der Waals surface area contributed by atoms with E-state index in [4.69, 9.17) is 0 Å².